The van der Waals surface area contributed by atoms with Crippen LogP contribution in [0.25, 0.3) is 6.08 Å². The van der Waals surface area contributed by atoms with E-state index in [-0.39, 0.29) is 45.0 Å². The van der Waals surface area contributed by atoms with Crippen molar-refractivity contribution < 1.29 is 61.2 Å². The lowest BCUT2D eigenvalue weighted by molar-refractivity contribution is -0.224. The fourth-order valence-electron chi connectivity index (χ4n) is 7.71. The van der Waals surface area contributed by atoms with E-state index in [0.717, 1.165) is 44.6 Å². The average Bonchev–Trinajstić information content (AvgIpc) is 3.68. The molecule has 13 nitrogen and oxygen atoms in total. The fourth-order valence-corrected chi connectivity index (χ4v) is 7.71. The Morgan fingerprint density at radius 2 is 1.68 bits per heavy atom. The number of benzene rings is 1. The number of fused-ring (bicyclic) bond motifs is 4. The highest BCUT2D eigenvalue weighted by Gasteiger charge is 2.76. The van der Waals surface area contributed by atoms with Crippen LogP contribution >= 0.6 is 0 Å². The summed E-state index contributed by atoms with van der Waals surface area (Å²) in [7, 11) is 0. The Morgan fingerprint density at radius 1 is 1.00 bits per heavy atom. The number of nitrogens with one attached hydrogen (secondary N) is 2. The topological polar surface area (TPSA) is 162 Å². The molecule has 1 aliphatic carbocycles. The summed E-state index contributed by atoms with van der Waals surface area (Å²) in [5, 5.41) is 15.9. The van der Waals surface area contributed by atoms with Gasteiger partial charge in [0, 0.05) is 44.8 Å². The van der Waals surface area contributed by atoms with E-state index in [4.69, 9.17) is 24.2 Å². The molecule has 4 aliphatic rings. The van der Waals surface area contributed by atoms with E-state index in [1.54, 1.807) is 24.3 Å². The number of carbonyl (C=O) groups is 4. The standard InChI is InChI=1S/C37H50F3N3O10/c1-3-5-7-16-35(17-8-6-4-2)51-29-26-21-36(34(48)42-18-15-27(45)41-19-20-44)31(33(47)50-26)43(53-32(36)30(29)52-35)22-25-11-9-24(10-12-25)13-14-28(46)49-23-37(38,39)40/h9-14,26,29-32,44H,3-8,15-23H2,1-2H3,(H,41,45)(H,42,48)/t26-,29+,30+,31+,32-,36+/m1/s1. The zero-order chi connectivity index (χ0) is 38.2. The maximum absolute atomic E-state index is 14.4. The van der Waals surface area contributed by atoms with Crippen LogP contribution in [0.4, 0.5) is 13.2 Å². The lowest BCUT2D eigenvalue weighted by Crippen LogP contribution is -2.69. The molecular formula is C37H50F3N3O10. The van der Waals surface area contributed by atoms with Gasteiger partial charge in [0.15, 0.2) is 18.4 Å². The lowest BCUT2D eigenvalue weighted by atomic mass is 9.62. The van der Waals surface area contributed by atoms with Gasteiger partial charge in [-0.25, -0.2) is 4.79 Å². The monoisotopic (exact) mass is 753 g/mol. The number of hydroxylamine groups is 2. The lowest BCUT2D eigenvalue weighted by Gasteiger charge is -2.48. The summed E-state index contributed by atoms with van der Waals surface area (Å²) in [5.41, 5.74) is -0.261. The minimum atomic E-state index is -4.63. The third kappa shape index (κ3) is 9.57. The highest BCUT2D eigenvalue weighted by molar-refractivity contribution is 5.94. The van der Waals surface area contributed by atoms with Crippen LogP contribution in [-0.4, -0.2) is 103 Å². The first-order valence-corrected chi connectivity index (χ1v) is 18.5. The Labute approximate surface area is 306 Å². The molecule has 1 aromatic carbocycles. The number of amides is 2. The van der Waals surface area contributed by atoms with Crippen LogP contribution in [0.2, 0.25) is 0 Å². The minimum Gasteiger partial charge on any atom is -0.458 e. The minimum absolute atomic E-state index is 0.0147. The molecule has 0 radical (unpaired) electrons. The van der Waals surface area contributed by atoms with Crippen molar-refractivity contribution in [3.63, 3.8) is 0 Å². The van der Waals surface area contributed by atoms with Crippen LogP contribution in [0.3, 0.4) is 0 Å². The number of carbonyl (C=O) groups excluding carboxylic acids is 4. The van der Waals surface area contributed by atoms with Gasteiger partial charge in [0.2, 0.25) is 11.8 Å². The number of nitrogens with zero attached hydrogens (tertiary/aromatic N) is 1. The van der Waals surface area contributed by atoms with Crippen LogP contribution in [0.15, 0.2) is 30.3 Å². The molecule has 294 valence electrons. The molecule has 1 saturated carbocycles. The van der Waals surface area contributed by atoms with Crippen molar-refractivity contribution >= 4 is 29.8 Å². The number of halogens is 3. The van der Waals surface area contributed by atoms with Gasteiger partial charge in [-0.2, -0.15) is 18.2 Å². The summed E-state index contributed by atoms with van der Waals surface area (Å²) in [5.74, 6) is -3.54. The number of aliphatic hydroxyl groups excluding tert-OH is 1. The van der Waals surface area contributed by atoms with Gasteiger partial charge in [-0.3, -0.25) is 19.2 Å². The van der Waals surface area contributed by atoms with Crippen LogP contribution in [0, 0.1) is 5.41 Å². The molecule has 0 unspecified atom stereocenters. The van der Waals surface area contributed by atoms with Crippen molar-refractivity contribution in [3.05, 3.63) is 41.5 Å². The summed E-state index contributed by atoms with van der Waals surface area (Å²) in [6.45, 7) is 2.45. The highest BCUT2D eigenvalue weighted by Crippen LogP contribution is 2.58. The SMILES string of the molecule is CCCCCC1(CCCCC)O[C@@H]2[C@H](O1)[C@H]1ON(Cc3ccc(C=CC(=O)OCC(F)(F)F)cc3)[C@H]3C(=O)O[C@@H]2C[C@@]13C(=O)NCCC(=O)NCCO. The molecule has 6 atom stereocenters. The second-order valence-corrected chi connectivity index (χ2v) is 14.1. The maximum atomic E-state index is 14.4. The van der Waals surface area contributed by atoms with E-state index in [1.165, 1.54) is 11.1 Å². The molecule has 4 fully saturated rings. The number of aliphatic hydroxyl groups is 1. The Balaban J connectivity index is 1.39. The first-order chi connectivity index (χ1) is 25.3. The van der Waals surface area contributed by atoms with Gasteiger partial charge < -0.3 is 34.7 Å². The smallest absolute Gasteiger partial charge is 0.422 e. The normalized spacial score (nSPS) is 27.4. The number of rotatable bonds is 19. The number of ether oxygens (including phenoxy) is 4. The van der Waals surface area contributed by atoms with Crippen molar-refractivity contribution in [2.75, 3.05) is 26.3 Å². The molecule has 3 saturated heterocycles. The maximum Gasteiger partial charge on any atom is 0.422 e. The number of hydrogen-bond donors (Lipinski definition) is 3. The summed E-state index contributed by atoms with van der Waals surface area (Å²) in [4.78, 5) is 58.8. The second kappa shape index (κ2) is 17.7. The van der Waals surface area contributed by atoms with E-state index in [0.29, 0.717) is 24.0 Å². The number of alkyl halides is 3. The Kier molecular flexibility index (Phi) is 13.6. The molecule has 2 amide bonds. The number of unbranched alkanes of at least 4 members (excludes halogenated alkanes) is 4. The summed E-state index contributed by atoms with van der Waals surface area (Å²) >= 11 is 0. The quantitative estimate of drug-likeness (QED) is 0.107. The first kappa shape index (κ1) is 40.6. The van der Waals surface area contributed by atoms with Crippen molar-refractivity contribution in [1.82, 2.24) is 15.7 Å². The summed E-state index contributed by atoms with van der Waals surface area (Å²) in [6, 6.07) is 5.51. The number of esters is 2. The van der Waals surface area contributed by atoms with Crippen molar-refractivity contribution in [2.24, 2.45) is 5.41 Å². The molecular weight excluding hydrogens is 703 g/mol. The van der Waals surface area contributed by atoms with Gasteiger partial charge in [0.25, 0.3) is 0 Å². The van der Waals surface area contributed by atoms with Gasteiger partial charge in [-0.1, -0.05) is 63.8 Å². The fraction of sp³-hybridized carbons (Fsp3) is 0.676. The van der Waals surface area contributed by atoms with Crippen molar-refractivity contribution in [1.29, 1.82) is 0 Å². The van der Waals surface area contributed by atoms with Crippen LogP contribution in [0.1, 0.15) is 89.2 Å². The Bertz CT molecular complexity index is 1460. The van der Waals surface area contributed by atoms with E-state index in [2.05, 4.69) is 29.2 Å². The molecule has 0 spiro atoms. The predicted octanol–water partition coefficient (Wildman–Crippen LogP) is 3.86. The molecule has 0 aromatic heterocycles. The Morgan fingerprint density at radius 3 is 2.32 bits per heavy atom. The zero-order valence-corrected chi connectivity index (χ0v) is 30.2. The highest BCUT2D eigenvalue weighted by atomic mass is 19.4. The molecule has 53 heavy (non-hydrogen) atoms. The van der Waals surface area contributed by atoms with E-state index in [9.17, 15) is 32.3 Å². The van der Waals surface area contributed by atoms with Gasteiger partial charge in [0.1, 0.15) is 29.8 Å². The summed E-state index contributed by atoms with van der Waals surface area (Å²) in [6.07, 6.45) is 1.58. The van der Waals surface area contributed by atoms with Crippen molar-refractivity contribution in [3.8, 4) is 0 Å². The molecule has 5 rings (SSSR count). The van der Waals surface area contributed by atoms with Gasteiger partial charge in [-0.05, 0) is 30.0 Å². The van der Waals surface area contributed by atoms with Gasteiger partial charge in [-0.15, -0.1) is 0 Å². The Hall–Kier alpha value is -3.57. The molecule has 3 heterocycles. The third-order valence-corrected chi connectivity index (χ3v) is 10.2. The second-order valence-electron chi connectivity index (χ2n) is 14.1. The average molecular weight is 754 g/mol. The third-order valence-electron chi connectivity index (χ3n) is 10.2. The molecule has 2 bridgehead atoms. The molecule has 3 aliphatic heterocycles. The predicted molar refractivity (Wildman–Crippen MR) is 182 cm³/mol. The van der Waals surface area contributed by atoms with E-state index < -0.39 is 72.3 Å². The van der Waals surface area contributed by atoms with E-state index >= 15 is 0 Å². The summed E-state index contributed by atoms with van der Waals surface area (Å²) < 4.78 is 60.9. The van der Waals surface area contributed by atoms with Crippen LogP contribution in [-0.2, 0) is 49.5 Å². The van der Waals surface area contributed by atoms with Gasteiger partial charge in [0.05, 0.1) is 13.2 Å². The molecule has 1 aromatic rings. The van der Waals surface area contributed by atoms with Crippen LogP contribution < -0.4 is 10.6 Å². The number of hydrogen-bond acceptors (Lipinski definition) is 11. The van der Waals surface area contributed by atoms with Crippen molar-refractivity contribution in [2.45, 2.75) is 127 Å². The van der Waals surface area contributed by atoms with Crippen LogP contribution in [0.5, 0.6) is 0 Å². The molecule has 16 heteroatoms. The van der Waals surface area contributed by atoms with Gasteiger partial charge >= 0.3 is 18.1 Å². The zero-order valence-electron chi connectivity index (χ0n) is 30.2. The first-order valence-electron chi connectivity index (χ1n) is 18.5. The largest absolute Gasteiger partial charge is 0.458 e. The van der Waals surface area contributed by atoms with E-state index in [1.807, 2.05) is 0 Å². The molecule has 3 N–H and O–H groups in total.